The van der Waals surface area contributed by atoms with Crippen LogP contribution in [-0.4, -0.2) is 42.2 Å². The van der Waals surface area contributed by atoms with Gasteiger partial charge in [0.05, 0.1) is 0 Å². The summed E-state index contributed by atoms with van der Waals surface area (Å²) in [5.41, 5.74) is 0. The summed E-state index contributed by atoms with van der Waals surface area (Å²) in [6.07, 6.45) is 3.93. The van der Waals surface area contributed by atoms with Crippen LogP contribution in [0.2, 0.25) is 0 Å². The molecule has 1 aliphatic heterocycles. The maximum Gasteiger partial charge on any atom is 0.166 e. The highest BCUT2D eigenvalue weighted by atomic mass is 32.1. The van der Waals surface area contributed by atoms with E-state index in [1.807, 2.05) is 0 Å². The number of likely N-dealkylation sites (tertiary alicyclic amines) is 1. The van der Waals surface area contributed by atoms with E-state index < -0.39 is 0 Å². The molecule has 0 unspecified atom stereocenters. The number of hydrogen-bond donors (Lipinski definition) is 2. The molecule has 0 radical (unpaired) electrons. The van der Waals surface area contributed by atoms with Gasteiger partial charge in [-0.15, -0.1) is 0 Å². The molecular weight excluding hydrogens is 206 g/mol. The first-order valence-corrected chi connectivity index (χ1v) is 6.36. The maximum atomic E-state index is 5.14. The summed E-state index contributed by atoms with van der Waals surface area (Å²) in [4.78, 5) is 2.53. The van der Waals surface area contributed by atoms with Gasteiger partial charge in [0, 0.05) is 12.6 Å². The largest absolute Gasteiger partial charge is 0.363 e. The van der Waals surface area contributed by atoms with E-state index in [-0.39, 0.29) is 0 Å². The van der Waals surface area contributed by atoms with Crippen LogP contribution in [0.25, 0.3) is 0 Å². The molecule has 2 N–H and O–H groups in total. The van der Waals surface area contributed by atoms with Crippen LogP contribution in [-0.2, 0) is 0 Å². The van der Waals surface area contributed by atoms with E-state index in [2.05, 4.69) is 29.4 Å². The molecule has 0 bridgehead atoms. The van der Waals surface area contributed by atoms with Gasteiger partial charge in [-0.25, -0.2) is 0 Å². The van der Waals surface area contributed by atoms with Crippen molar-refractivity contribution in [2.75, 3.05) is 26.2 Å². The Bertz CT molecular complexity index is 188. The second kappa shape index (κ2) is 7.01. The second-order valence-electron chi connectivity index (χ2n) is 4.46. The molecule has 0 aliphatic carbocycles. The van der Waals surface area contributed by atoms with Crippen LogP contribution in [0, 0.1) is 0 Å². The zero-order valence-corrected chi connectivity index (χ0v) is 10.7. The number of hydrogen-bond acceptors (Lipinski definition) is 2. The van der Waals surface area contributed by atoms with Crippen LogP contribution in [0.5, 0.6) is 0 Å². The number of rotatable bonds is 5. The molecule has 1 heterocycles. The normalized spacial score (nSPS) is 17.0. The molecule has 1 saturated heterocycles. The molecule has 0 amide bonds. The first kappa shape index (κ1) is 12.7. The summed E-state index contributed by atoms with van der Waals surface area (Å²) in [7, 11) is 0. The third-order valence-corrected chi connectivity index (χ3v) is 2.82. The Balaban J connectivity index is 1.94. The molecule has 0 saturated carbocycles. The third kappa shape index (κ3) is 5.95. The molecule has 0 aromatic rings. The maximum absolute atomic E-state index is 5.14. The summed E-state index contributed by atoms with van der Waals surface area (Å²) in [6.45, 7) is 8.95. The molecule has 1 rings (SSSR count). The monoisotopic (exact) mass is 229 g/mol. The van der Waals surface area contributed by atoms with Gasteiger partial charge < -0.3 is 15.5 Å². The van der Waals surface area contributed by atoms with E-state index in [9.17, 15) is 0 Å². The van der Waals surface area contributed by atoms with Crippen LogP contribution >= 0.6 is 12.2 Å². The fourth-order valence-corrected chi connectivity index (χ4v) is 2.16. The Labute approximate surface area is 98.6 Å². The van der Waals surface area contributed by atoms with Crippen molar-refractivity contribution in [2.45, 2.75) is 39.2 Å². The zero-order chi connectivity index (χ0) is 11.1. The second-order valence-corrected chi connectivity index (χ2v) is 4.87. The summed E-state index contributed by atoms with van der Waals surface area (Å²) < 4.78 is 0. The Morgan fingerprint density at radius 2 is 2.00 bits per heavy atom. The SMILES string of the molecule is CC(C)NC(=S)NCCCN1CCCC1. The molecule has 88 valence electrons. The number of thiocarbonyl (C=S) groups is 1. The average Bonchev–Trinajstić information content (AvgIpc) is 2.63. The number of nitrogens with zero attached hydrogens (tertiary/aromatic N) is 1. The minimum atomic E-state index is 0.420. The zero-order valence-electron chi connectivity index (χ0n) is 9.88. The summed E-state index contributed by atoms with van der Waals surface area (Å²) in [6, 6.07) is 0.420. The predicted octanol–water partition coefficient (Wildman–Crippen LogP) is 1.34. The van der Waals surface area contributed by atoms with Crippen molar-refractivity contribution < 1.29 is 0 Å². The minimum Gasteiger partial charge on any atom is -0.363 e. The summed E-state index contributed by atoms with van der Waals surface area (Å²) >= 11 is 5.14. The fourth-order valence-electron chi connectivity index (χ4n) is 1.82. The van der Waals surface area contributed by atoms with Gasteiger partial charge in [0.15, 0.2) is 5.11 Å². The van der Waals surface area contributed by atoms with Crippen LogP contribution in [0.1, 0.15) is 33.1 Å². The van der Waals surface area contributed by atoms with Gasteiger partial charge in [-0.3, -0.25) is 0 Å². The molecule has 0 atom stereocenters. The van der Waals surface area contributed by atoms with Crippen molar-refractivity contribution in [1.29, 1.82) is 0 Å². The van der Waals surface area contributed by atoms with E-state index in [1.165, 1.54) is 38.9 Å². The van der Waals surface area contributed by atoms with Crippen molar-refractivity contribution in [2.24, 2.45) is 0 Å². The third-order valence-electron chi connectivity index (χ3n) is 2.56. The first-order chi connectivity index (χ1) is 7.18. The van der Waals surface area contributed by atoms with Gasteiger partial charge in [-0.1, -0.05) is 0 Å². The Hall–Kier alpha value is -0.350. The lowest BCUT2D eigenvalue weighted by Crippen LogP contribution is -2.40. The van der Waals surface area contributed by atoms with Crippen LogP contribution in [0.15, 0.2) is 0 Å². The Kier molecular flexibility index (Phi) is 5.95. The molecule has 1 aliphatic rings. The topological polar surface area (TPSA) is 27.3 Å². The van der Waals surface area contributed by atoms with Gasteiger partial charge >= 0.3 is 0 Å². The number of nitrogens with one attached hydrogen (secondary N) is 2. The molecule has 0 spiro atoms. The van der Waals surface area contributed by atoms with Crippen molar-refractivity contribution in [1.82, 2.24) is 15.5 Å². The van der Waals surface area contributed by atoms with Gasteiger partial charge in [0.2, 0.25) is 0 Å². The van der Waals surface area contributed by atoms with E-state index >= 15 is 0 Å². The van der Waals surface area contributed by atoms with Crippen molar-refractivity contribution in [3.8, 4) is 0 Å². The highest BCUT2D eigenvalue weighted by Gasteiger charge is 2.10. The average molecular weight is 229 g/mol. The highest BCUT2D eigenvalue weighted by Crippen LogP contribution is 2.06. The molecule has 0 aromatic heterocycles. The van der Waals surface area contributed by atoms with Crippen LogP contribution < -0.4 is 10.6 Å². The van der Waals surface area contributed by atoms with Crippen LogP contribution in [0.3, 0.4) is 0 Å². The molecule has 1 fully saturated rings. The fraction of sp³-hybridized carbons (Fsp3) is 0.909. The lowest BCUT2D eigenvalue weighted by molar-refractivity contribution is 0.334. The van der Waals surface area contributed by atoms with E-state index in [1.54, 1.807) is 0 Å². The molecule has 3 nitrogen and oxygen atoms in total. The molecular formula is C11H23N3S. The minimum absolute atomic E-state index is 0.420. The lowest BCUT2D eigenvalue weighted by Gasteiger charge is -2.16. The summed E-state index contributed by atoms with van der Waals surface area (Å²) in [5.74, 6) is 0. The van der Waals surface area contributed by atoms with Gasteiger partial charge in [-0.05, 0) is 65.0 Å². The quantitative estimate of drug-likeness (QED) is 0.550. The van der Waals surface area contributed by atoms with Gasteiger partial charge in [-0.2, -0.15) is 0 Å². The standard InChI is InChI=1S/C11H23N3S/c1-10(2)13-11(15)12-6-5-9-14-7-3-4-8-14/h10H,3-9H2,1-2H3,(H2,12,13,15). The first-order valence-electron chi connectivity index (χ1n) is 5.95. The lowest BCUT2D eigenvalue weighted by atomic mass is 10.4. The molecule has 4 heteroatoms. The van der Waals surface area contributed by atoms with Crippen molar-refractivity contribution >= 4 is 17.3 Å². The van der Waals surface area contributed by atoms with E-state index in [0.717, 1.165) is 11.7 Å². The smallest absolute Gasteiger partial charge is 0.166 e. The predicted molar refractivity (Wildman–Crippen MR) is 69.2 cm³/mol. The van der Waals surface area contributed by atoms with E-state index in [0.29, 0.717) is 6.04 Å². The van der Waals surface area contributed by atoms with Crippen LogP contribution in [0.4, 0.5) is 0 Å². The highest BCUT2D eigenvalue weighted by molar-refractivity contribution is 7.80. The Morgan fingerprint density at radius 3 is 2.60 bits per heavy atom. The molecule has 15 heavy (non-hydrogen) atoms. The van der Waals surface area contributed by atoms with Gasteiger partial charge in [0.25, 0.3) is 0 Å². The van der Waals surface area contributed by atoms with E-state index in [4.69, 9.17) is 12.2 Å². The van der Waals surface area contributed by atoms with Crippen molar-refractivity contribution in [3.05, 3.63) is 0 Å². The van der Waals surface area contributed by atoms with Gasteiger partial charge in [0.1, 0.15) is 0 Å². The van der Waals surface area contributed by atoms with Crippen molar-refractivity contribution in [3.63, 3.8) is 0 Å². The Morgan fingerprint density at radius 1 is 1.33 bits per heavy atom. The summed E-state index contributed by atoms with van der Waals surface area (Å²) in [5, 5.41) is 7.19. The molecule has 0 aromatic carbocycles.